The molecule has 1 aromatic heterocycles. The lowest BCUT2D eigenvalue weighted by atomic mass is 10.1. The Morgan fingerprint density at radius 1 is 1.33 bits per heavy atom. The van der Waals surface area contributed by atoms with Crippen LogP contribution in [0.4, 0.5) is 10.7 Å². The molecular weight excluding hydrogens is 366 g/mol. The van der Waals surface area contributed by atoms with Crippen LogP contribution in [0.25, 0.3) is 0 Å². The van der Waals surface area contributed by atoms with Crippen LogP contribution in [0, 0.1) is 0 Å². The summed E-state index contributed by atoms with van der Waals surface area (Å²) < 4.78 is 4.75. The third-order valence-corrected chi connectivity index (χ3v) is 5.45. The lowest BCUT2D eigenvalue weighted by Crippen LogP contribution is -2.41. The number of anilines is 2. The van der Waals surface area contributed by atoms with E-state index in [-0.39, 0.29) is 18.2 Å². The smallest absolute Gasteiger partial charge is 0.340 e. The largest absolute Gasteiger partial charge is 0.465 e. The molecule has 0 bridgehead atoms. The van der Waals surface area contributed by atoms with E-state index in [1.165, 1.54) is 23.3 Å². The summed E-state index contributed by atoms with van der Waals surface area (Å²) in [7, 11) is 1.30. The van der Waals surface area contributed by atoms with Crippen LogP contribution in [0.5, 0.6) is 0 Å². The number of carbonyl (C=O) groups excluding carboxylic acids is 3. The molecule has 142 valence electrons. The summed E-state index contributed by atoms with van der Waals surface area (Å²) in [6.07, 6.45) is 1.27. The first-order valence-corrected chi connectivity index (χ1v) is 9.49. The Balaban J connectivity index is 1.59. The van der Waals surface area contributed by atoms with Crippen molar-refractivity contribution in [2.45, 2.75) is 25.3 Å². The van der Waals surface area contributed by atoms with Crippen LogP contribution in [-0.2, 0) is 20.7 Å². The van der Waals surface area contributed by atoms with Crippen LogP contribution in [0.1, 0.15) is 28.8 Å². The third-order valence-electron chi connectivity index (χ3n) is 4.51. The number of amides is 2. The summed E-state index contributed by atoms with van der Waals surface area (Å²) >= 11 is 1.30. The molecule has 0 saturated carbocycles. The van der Waals surface area contributed by atoms with E-state index in [0.717, 1.165) is 5.56 Å². The Labute approximate surface area is 161 Å². The van der Waals surface area contributed by atoms with Crippen LogP contribution in [0.15, 0.2) is 35.7 Å². The van der Waals surface area contributed by atoms with Crippen LogP contribution in [0.3, 0.4) is 0 Å². The van der Waals surface area contributed by atoms with Gasteiger partial charge in [-0.05, 0) is 35.9 Å². The fourth-order valence-electron chi connectivity index (χ4n) is 3.07. The highest BCUT2D eigenvalue weighted by Crippen LogP contribution is 2.31. The molecule has 0 radical (unpaired) electrons. The van der Waals surface area contributed by atoms with Crippen molar-refractivity contribution in [1.29, 1.82) is 0 Å². The average Bonchev–Trinajstić information content (AvgIpc) is 3.27. The van der Waals surface area contributed by atoms with E-state index in [2.05, 4.69) is 5.32 Å². The zero-order chi connectivity index (χ0) is 19.4. The van der Waals surface area contributed by atoms with Gasteiger partial charge in [0.05, 0.1) is 12.7 Å². The van der Waals surface area contributed by atoms with E-state index in [0.29, 0.717) is 35.6 Å². The molecule has 27 heavy (non-hydrogen) atoms. The highest BCUT2D eigenvalue weighted by molar-refractivity contribution is 7.14. The Hall–Kier alpha value is -2.87. The lowest BCUT2D eigenvalue weighted by Gasteiger charge is -2.17. The number of nitrogens with zero attached hydrogens (tertiary/aromatic N) is 1. The molecule has 2 heterocycles. The van der Waals surface area contributed by atoms with Gasteiger partial charge in [0, 0.05) is 18.7 Å². The van der Waals surface area contributed by atoms with Crippen molar-refractivity contribution in [3.8, 4) is 0 Å². The first-order valence-electron chi connectivity index (χ1n) is 8.61. The van der Waals surface area contributed by atoms with Crippen LogP contribution < -0.4 is 16.0 Å². The quantitative estimate of drug-likeness (QED) is 0.583. The first kappa shape index (κ1) is 18.9. The van der Waals surface area contributed by atoms with Gasteiger partial charge in [-0.25, -0.2) is 4.79 Å². The van der Waals surface area contributed by atoms with Gasteiger partial charge in [-0.15, -0.1) is 11.3 Å². The number of para-hydroxylation sites is 1. The minimum atomic E-state index is -0.585. The Bertz CT molecular complexity index is 864. The van der Waals surface area contributed by atoms with E-state index in [9.17, 15) is 14.4 Å². The summed E-state index contributed by atoms with van der Waals surface area (Å²) in [6, 6.07) is 8.45. The van der Waals surface area contributed by atoms with Gasteiger partial charge in [0.2, 0.25) is 11.8 Å². The number of nitrogens with one attached hydrogen (secondary N) is 1. The number of carbonyl (C=O) groups is 3. The minimum Gasteiger partial charge on any atom is -0.465 e. The highest BCUT2D eigenvalue weighted by Gasteiger charge is 2.36. The average molecular weight is 387 g/mol. The summed E-state index contributed by atoms with van der Waals surface area (Å²) in [5.41, 5.74) is 7.81. The minimum absolute atomic E-state index is 0.196. The number of aryl methyl sites for hydroxylation is 1. The van der Waals surface area contributed by atoms with Crippen LogP contribution in [-0.4, -0.2) is 37.5 Å². The number of hydrogen-bond acceptors (Lipinski definition) is 6. The molecule has 3 N–H and O–H groups in total. The Morgan fingerprint density at radius 2 is 2.11 bits per heavy atom. The zero-order valence-electron chi connectivity index (χ0n) is 14.9. The Morgan fingerprint density at radius 3 is 2.85 bits per heavy atom. The molecule has 1 saturated heterocycles. The normalized spacial score (nSPS) is 16.4. The van der Waals surface area contributed by atoms with E-state index in [1.54, 1.807) is 17.5 Å². The third kappa shape index (κ3) is 4.11. The molecule has 2 amide bonds. The standard InChI is InChI=1S/C19H21N3O4S/c1-26-19(25)13-9-11-27-18(13)22-10-8-15(17(22)24)21-16(23)7-6-12-4-2-3-5-14(12)20/h2-5,9,11,15H,6-8,10,20H2,1H3,(H,21,23). The number of methoxy groups -OCH3 is 1. The van der Waals surface area contributed by atoms with Crippen molar-refractivity contribution in [1.82, 2.24) is 5.32 Å². The maximum absolute atomic E-state index is 12.7. The second kappa shape index (κ2) is 8.22. The van der Waals surface area contributed by atoms with Gasteiger partial charge < -0.3 is 20.7 Å². The van der Waals surface area contributed by atoms with Gasteiger partial charge in [-0.1, -0.05) is 18.2 Å². The molecule has 1 fully saturated rings. The van der Waals surface area contributed by atoms with Gasteiger partial charge in [0.1, 0.15) is 11.0 Å². The fourth-order valence-corrected chi connectivity index (χ4v) is 3.99. The van der Waals surface area contributed by atoms with Crippen molar-refractivity contribution in [3.05, 3.63) is 46.8 Å². The van der Waals surface area contributed by atoms with Crippen molar-refractivity contribution < 1.29 is 19.1 Å². The second-order valence-electron chi connectivity index (χ2n) is 6.23. The number of thiophene rings is 1. The van der Waals surface area contributed by atoms with Crippen LogP contribution >= 0.6 is 11.3 Å². The van der Waals surface area contributed by atoms with E-state index in [1.807, 2.05) is 18.2 Å². The van der Waals surface area contributed by atoms with Crippen molar-refractivity contribution in [2.24, 2.45) is 0 Å². The van der Waals surface area contributed by atoms with E-state index >= 15 is 0 Å². The van der Waals surface area contributed by atoms with E-state index in [4.69, 9.17) is 10.5 Å². The second-order valence-corrected chi connectivity index (χ2v) is 7.12. The number of hydrogen-bond donors (Lipinski definition) is 2. The maximum atomic E-state index is 12.7. The number of rotatable bonds is 6. The molecule has 0 aliphatic carbocycles. The highest BCUT2D eigenvalue weighted by atomic mass is 32.1. The number of nitrogen functional groups attached to an aromatic ring is 1. The topological polar surface area (TPSA) is 102 Å². The molecule has 1 aromatic carbocycles. The summed E-state index contributed by atoms with van der Waals surface area (Å²) in [6.45, 7) is 0.444. The van der Waals surface area contributed by atoms with Crippen molar-refractivity contribution in [3.63, 3.8) is 0 Å². The number of benzene rings is 1. The van der Waals surface area contributed by atoms with Gasteiger partial charge >= 0.3 is 5.97 Å². The number of esters is 1. The summed E-state index contributed by atoms with van der Waals surface area (Å²) in [4.78, 5) is 38.3. The fraction of sp³-hybridized carbons (Fsp3) is 0.316. The summed E-state index contributed by atoms with van der Waals surface area (Å²) in [5.74, 6) is -0.889. The molecule has 8 heteroatoms. The van der Waals surface area contributed by atoms with Crippen molar-refractivity contribution >= 4 is 39.8 Å². The molecule has 1 unspecified atom stereocenters. The molecule has 0 spiro atoms. The van der Waals surface area contributed by atoms with Gasteiger partial charge in [-0.2, -0.15) is 0 Å². The predicted octanol–water partition coefficient (Wildman–Crippen LogP) is 1.97. The molecule has 2 aromatic rings. The van der Waals surface area contributed by atoms with Gasteiger partial charge in [0.15, 0.2) is 0 Å². The van der Waals surface area contributed by atoms with Crippen molar-refractivity contribution in [2.75, 3.05) is 24.3 Å². The maximum Gasteiger partial charge on any atom is 0.340 e. The molecule has 1 aliphatic heterocycles. The Kier molecular flexibility index (Phi) is 5.75. The molecular formula is C19H21N3O4S. The predicted molar refractivity (Wildman–Crippen MR) is 104 cm³/mol. The molecule has 3 rings (SSSR count). The van der Waals surface area contributed by atoms with E-state index < -0.39 is 12.0 Å². The lowest BCUT2D eigenvalue weighted by molar-refractivity contribution is -0.126. The first-order chi connectivity index (χ1) is 13.0. The number of nitrogens with two attached hydrogens (primary N) is 1. The molecule has 7 nitrogen and oxygen atoms in total. The van der Waals surface area contributed by atoms with Crippen LogP contribution in [0.2, 0.25) is 0 Å². The van der Waals surface area contributed by atoms with Gasteiger partial charge in [-0.3, -0.25) is 9.59 Å². The van der Waals surface area contributed by atoms with Gasteiger partial charge in [0.25, 0.3) is 0 Å². The molecule has 1 atom stereocenters. The molecule has 1 aliphatic rings. The monoisotopic (exact) mass is 387 g/mol. The summed E-state index contributed by atoms with van der Waals surface area (Å²) in [5, 5.41) is 5.09. The SMILES string of the molecule is COC(=O)c1ccsc1N1CCC(NC(=O)CCc2ccccc2N)C1=O. The number of ether oxygens (including phenoxy) is 1. The zero-order valence-corrected chi connectivity index (χ0v) is 15.8.